The molecule has 5 rings (SSSR count). The number of methoxy groups -OCH3 is 1. The summed E-state index contributed by atoms with van der Waals surface area (Å²) in [6.45, 7) is 2.45. The van der Waals surface area contributed by atoms with Crippen LogP contribution in [0.5, 0.6) is 5.75 Å². The lowest BCUT2D eigenvalue weighted by molar-refractivity contribution is 0.102. The highest BCUT2D eigenvalue weighted by Gasteiger charge is 2.40. The Morgan fingerprint density at radius 1 is 1.21 bits per heavy atom. The molecule has 0 radical (unpaired) electrons. The molecule has 1 N–H and O–H groups in total. The summed E-state index contributed by atoms with van der Waals surface area (Å²) in [5.74, 6) is 0.341. The van der Waals surface area contributed by atoms with Crippen LogP contribution < -0.4 is 10.1 Å². The molecule has 1 fully saturated rings. The molecule has 3 aromatic rings. The highest BCUT2D eigenvalue weighted by molar-refractivity contribution is 7.89. The normalized spacial score (nSPS) is 16.3. The van der Waals surface area contributed by atoms with Gasteiger partial charge in [0.1, 0.15) is 5.75 Å². The van der Waals surface area contributed by atoms with E-state index in [1.807, 2.05) is 37.3 Å². The number of anilines is 1. The Bertz CT molecular complexity index is 1310. The molecule has 0 saturated heterocycles. The minimum Gasteiger partial charge on any atom is -0.496 e. The summed E-state index contributed by atoms with van der Waals surface area (Å²) in [6.07, 6.45) is 4.00. The lowest BCUT2D eigenvalue weighted by Gasteiger charge is -2.29. The molecule has 2 aromatic heterocycles. The summed E-state index contributed by atoms with van der Waals surface area (Å²) >= 11 is 1.32. The average Bonchev–Trinajstić information content (AvgIpc) is 3.31. The van der Waals surface area contributed by atoms with Crippen LogP contribution in [0.15, 0.2) is 36.5 Å². The van der Waals surface area contributed by atoms with Crippen molar-refractivity contribution in [3.05, 3.63) is 58.4 Å². The van der Waals surface area contributed by atoms with Gasteiger partial charge < -0.3 is 4.74 Å². The molecular formula is C23H24N4O4S2. The fourth-order valence-corrected chi connectivity index (χ4v) is 7.15. The Labute approximate surface area is 196 Å². The van der Waals surface area contributed by atoms with Crippen LogP contribution in [0, 0.1) is 6.92 Å². The summed E-state index contributed by atoms with van der Waals surface area (Å²) in [6, 6.07) is 9.38. The lowest BCUT2D eigenvalue weighted by atomic mass is 9.99. The van der Waals surface area contributed by atoms with Gasteiger partial charge in [-0.3, -0.25) is 15.1 Å². The van der Waals surface area contributed by atoms with Crippen molar-refractivity contribution in [3.8, 4) is 16.9 Å². The van der Waals surface area contributed by atoms with E-state index in [9.17, 15) is 13.2 Å². The third-order valence-electron chi connectivity index (χ3n) is 6.16. The fourth-order valence-electron chi connectivity index (χ4n) is 4.12. The van der Waals surface area contributed by atoms with Crippen molar-refractivity contribution in [1.82, 2.24) is 14.3 Å². The van der Waals surface area contributed by atoms with E-state index in [1.54, 1.807) is 13.3 Å². The molecule has 1 aliphatic heterocycles. The number of carbonyl (C=O) groups excluding carboxylic acids is 1. The molecule has 1 aliphatic carbocycles. The number of hydrogen-bond donors (Lipinski definition) is 1. The summed E-state index contributed by atoms with van der Waals surface area (Å²) < 4.78 is 32.4. The Balaban J connectivity index is 1.37. The van der Waals surface area contributed by atoms with E-state index in [-0.39, 0.29) is 17.7 Å². The number of thiazole rings is 1. The van der Waals surface area contributed by atoms with Gasteiger partial charge in [0.25, 0.3) is 5.91 Å². The van der Waals surface area contributed by atoms with Crippen molar-refractivity contribution in [3.63, 3.8) is 0 Å². The minimum absolute atomic E-state index is 0.256. The number of pyridine rings is 1. The summed E-state index contributed by atoms with van der Waals surface area (Å²) in [5, 5.41) is 3.07. The number of hydrogen-bond acceptors (Lipinski definition) is 7. The maximum Gasteiger partial charge on any atom is 0.259 e. The average molecular weight is 485 g/mol. The first-order valence-corrected chi connectivity index (χ1v) is 13.1. The molecule has 33 heavy (non-hydrogen) atoms. The number of aryl methyl sites for hydroxylation is 1. The van der Waals surface area contributed by atoms with Crippen LogP contribution in [-0.4, -0.2) is 41.0 Å². The van der Waals surface area contributed by atoms with E-state index >= 15 is 0 Å². The Hall–Kier alpha value is -2.82. The Morgan fingerprint density at radius 3 is 2.70 bits per heavy atom. The topological polar surface area (TPSA) is 101 Å². The number of aromatic nitrogens is 2. The largest absolute Gasteiger partial charge is 0.496 e. The highest BCUT2D eigenvalue weighted by Crippen LogP contribution is 2.37. The summed E-state index contributed by atoms with van der Waals surface area (Å²) in [5.41, 5.74) is 3.43. The third-order valence-corrected chi connectivity index (χ3v) is 9.45. The van der Waals surface area contributed by atoms with Crippen molar-refractivity contribution in [2.75, 3.05) is 12.4 Å². The predicted octanol–water partition coefficient (Wildman–Crippen LogP) is 3.97. The van der Waals surface area contributed by atoms with Crippen LogP contribution in [0.25, 0.3) is 11.1 Å². The van der Waals surface area contributed by atoms with E-state index in [0.29, 0.717) is 28.7 Å². The van der Waals surface area contributed by atoms with Gasteiger partial charge in [-0.25, -0.2) is 13.4 Å². The molecule has 3 heterocycles. The van der Waals surface area contributed by atoms with Crippen molar-refractivity contribution in [1.29, 1.82) is 0 Å². The van der Waals surface area contributed by atoms with Crippen LogP contribution in [0.2, 0.25) is 0 Å². The summed E-state index contributed by atoms with van der Waals surface area (Å²) in [4.78, 5) is 22.9. The zero-order chi connectivity index (χ0) is 23.2. The lowest BCUT2D eigenvalue weighted by Crippen LogP contribution is -2.39. The van der Waals surface area contributed by atoms with Crippen LogP contribution in [0.3, 0.4) is 0 Å². The molecule has 1 amide bonds. The van der Waals surface area contributed by atoms with Gasteiger partial charge in [0.05, 0.1) is 36.7 Å². The first kappa shape index (κ1) is 22.0. The van der Waals surface area contributed by atoms with Crippen molar-refractivity contribution < 1.29 is 17.9 Å². The van der Waals surface area contributed by atoms with Crippen molar-refractivity contribution in [2.24, 2.45) is 0 Å². The maximum atomic E-state index is 13.2. The second-order valence-electron chi connectivity index (χ2n) is 8.28. The monoisotopic (exact) mass is 484 g/mol. The summed E-state index contributed by atoms with van der Waals surface area (Å²) in [7, 11) is -1.68. The Morgan fingerprint density at radius 2 is 2.00 bits per heavy atom. The molecule has 0 unspecified atom stereocenters. The van der Waals surface area contributed by atoms with Crippen molar-refractivity contribution >= 4 is 32.4 Å². The zero-order valence-electron chi connectivity index (χ0n) is 18.4. The van der Waals surface area contributed by atoms with Gasteiger partial charge in [0.15, 0.2) is 5.13 Å². The van der Waals surface area contributed by atoms with Gasteiger partial charge >= 0.3 is 0 Å². The minimum atomic E-state index is -3.27. The molecule has 1 aromatic carbocycles. The predicted molar refractivity (Wildman–Crippen MR) is 127 cm³/mol. The highest BCUT2D eigenvalue weighted by atomic mass is 32.2. The third kappa shape index (κ3) is 4.03. The van der Waals surface area contributed by atoms with Crippen LogP contribution in [0.4, 0.5) is 5.13 Å². The van der Waals surface area contributed by atoms with E-state index in [1.165, 1.54) is 15.6 Å². The molecule has 10 heteroatoms. The van der Waals surface area contributed by atoms with Crippen LogP contribution in [-0.2, 0) is 23.1 Å². The van der Waals surface area contributed by atoms with Gasteiger partial charge in [-0.15, -0.1) is 0 Å². The molecule has 0 bridgehead atoms. The molecular weight excluding hydrogens is 460 g/mol. The van der Waals surface area contributed by atoms with E-state index in [0.717, 1.165) is 41.0 Å². The molecule has 2 aliphatic rings. The molecule has 0 atom stereocenters. The number of nitrogens with one attached hydrogen (secondary N) is 1. The smallest absolute Gasteiger partial charge is 0.259 e. The van der Waals surface area contributed by atoms with Gasteiger partial charge in [-0.1, -0.05) is 36.0 Å². The quantitative estimate of drug-likeness (QED) is 0.568. The molecule has 0 spiro atoms. The SMILES string of the molecule is COc1ccccc1-c1cc(C)ncc1C(=O)Nc1nc2c(s1)CN(S(=O)(=O)C1CCC1)C2. The molecule has 8 nitrogen and oxygen atoms in total. The first-order chi connectivity index (χ1) is 15.9. The number of nitrogens with zero attached hydrogens (tertiary/aromatic N) is 3. The number of carbonyl (C=O) groups is 1. The number of amides is 1. The number of ether oxygens (including phenoxy) is 1. The Kier molecular flexibility index (Phi) is 5.67. The van der Waals surface area contributed by atoms with Crippen molar-refractivity contribution in [2.45, 2.75) is 44.5 Å². The van der Waals surface area contributed by atoms with Gasteiger partial charge in [0.2, 0.25) is 10.0 Å². The first-order valence-electron chi connectivity index (χ1n) is 10.8. The second-order valence-corrected chi connectivity index (χ2v) is 11.6. The number of rotatable bonds is 6. The number of fused-ring (bicyclic) bond motifs is 1. The van der Waals surface area contributed by atoms with E-state index in [2.05, 4.69) is 15.3 Å². The standard InChI is InChI=1S/C23H24N4O4S2/c1-14-10-17(16-8-3-4-9-20(16)31-2)18(11-24-14)22(28)26-23-25-19-12-27(13-21(19)32-23)33(29,30)15-6-5-7-15/h3-4,8-11,15H,5-7,12-13H2,1-2H3,(H,25,26,28). The maximum absolute atomic E-state index is 13.2. The number of benzene rings is 1. The van der Waals surface area contributed by atoms with Gasteiger partial charge in [-0.2, -0.15) is 4.31 Å². The number of para-hydroxylation sites is 1. The zero-order valence-corrected chi connectivity index (χ0v) is 20.0. The van der Waals surface area contributed by atoms with Gasteiger partial charge in [-0.05, 0) is 31.9 Å². The van der Waals surface area contributed by atoms with E-state index in [4.69, 9.17) is 4.74 Å². The van der Waals surface area contributed by atoms with E-state index < -0.39 is 10.0 Å². The van der Waals surface area contributed by atoms with Crippen LogP contribution >= 0.6 is 11.3 Å². The molecule has 172 valence electrons. The fraction of sp³-hybridized carbons (Fsp3) is 0.348. The van der Waals surface area contributed by atoms with Gasteiger partial charge in [0, 0.05) is 27.9 Å². The molecule has 1 saturated carbocycles. The van der Waals surface area contributed by atoms with Crippen LogP contribution in [0.1, 0.15) is 45.9 Å². The number of sulfonamides is 1. The second kappa shape index (κ2) is 8.51.